The topological polar surface area (TPSA) is 92.7 Å². The fourth-order valence-corrected chi connectivity index (χ4v) is 3.96. The molecule has 1 aliphatic rings. The van der Waals surface area contributed by atoms with Crippen molar-refractivity contribution in [3.05, 3.63) is 40.1 Å². The zero-order valence-electron chi connectivity index (χ0n) is 10.7. The van der Waals surface area contributed by atoms with Crippen molar-refractivity contribution in [3.8, 4) is 5.75 Å². The van der Waals surface area contributed by atoms with Crippen molar-refractivity contribution < 1.29 is 23.1 Å². The van der Waals surface area contributed by atoms with Gasteiger partial charge in [0.05, 0.1) is 17.2 Å². The highest BCUT2D eigenvalue weighted by atomic mass is 32.2. The molecule has 2 heterocycles. The number of ether oxygens (including phenoxy) is 1. The van der Waals surface area contributed by atoms with Crippen molar-refractivity contribution in [1.29, 1.82) is 0 Å². The third-order valence-electron chi connectivity index (χ3n) is 3.08. The highest BCUT2D eigenvalue weighted by Crippen LogP contribution is 2.29. The van der Waals surface area contributed by atoms with Crippen LogP contribution in [-0.4, -0.2) is 26.1 Å². The molecular weight excluding hydrogens is 314 g/mol. The molecule has 1 aromatic heterocycles. The Morgan fingerprint density at radius 3 is 2.90 bits per heavy atom. The molecule has 2 aromatic rings. The fourth-order valence-electron chi connectivity index (χ4n) is 2.09. The third-order valence-corrected chi connectivity index (χ3v) is 5.34. The molecule has 8 heteroatoms. The van der Waals surface area contributed by atoms with E-state index in [4.69, 9.17) is 9.84 Å². The van der Waals surface area contributed by atoms with E-state index in [0.717, 1.165) is 16.9 Å². The highest BCUT2D eigenvalue weighted by molar-refractivity contribution is 7.92. The normalized spacial score (nSPS) is 13.5. The number of carboxylic acid groups (broad SMARTS) is 1. The number of carboxylic acids is 1. The van der Waals surface area contributed by atoms with Gasteiger partial charge in [-0.05, 0) is 35.2 Å². The van der Waals surface area contributed by atoms with Crippen LogP contribution < -0.4 is 9.46 Å². The van der Waals surface area contributed by atoms with Crippen molar-refractivity contribution in [1.82, 2.24) is 0 Å². The van der Waals surface area contributed by atoms with E-state index in [9.17, 15) is 13.2 Å². The van der Waals surface area contributed by atoms with Crippen LogP contribution in [0.15, 0.2) is 34.5 Å². The van der Waals surface area contributed by atoms with Gasteiger partial charge in [-0.1, -0.05) is 0 Å². The van der Waals surface area contributed by atoms with Crippen LogP contribution in [0.2, 0.25) is 0 Å². The summed E-state index contributed by atoms with van der Waals surface area (Å²) in [5.74, 6) is -0.472. The van der Waals surface area contributed by atoms with Crippen LogP contribution in [0, 0.1) is 0 Å². The Kier molecular flexibility index (Phi) is 3.34. The molecule has 21 heavy (non-hydrogen) atoms. The molecule has 1 aromatic carbocycles. The largest absolute Gasteiger partial charge is 0.493 e. The van der Waals surface area contributed by atoms with E-state index >= 15 is 0 Å². The first-order chi connectivity index (χ1) is 9.97. The summed E-state index contributed by atoms with van der Waals surface area (Å²) in [6.07, 6.45) is 0.664. The van der Waals surface area contributed by atoms with Gasteiger partial charge in [-0.25, -0.2) is 13.2 Å². The monoisotopic (exact) mass is 325 g/mol. The van der Waals surface area contributed by atoms with Gasteiger partial charge in [-0.3, -0.25) is 4.72 Å². The van der Waals surface area contributed by atoms with Crippen LogP contribution in [0.25, 0.3) is 0 Å². The van der Waals surface area contributed by atoms with E-state index in [0.29, 0.717) is 18.8 Å². The lowest BCUT2D eigenvalue weighted by molar-refractivity contribution is 0.0703. The Balaban J connectivity index is 1.94. The summed E-state index contributed by atoms with van der Waals surface area (Å²) in [5, 5.41) is 10.5. The van der Waals surface area contributed by atoms with Gasteiger partial charge in [0.15, 0.2) is 0 Å². The van der Waals surface area contributed by atoms with E-state index in [1.165, 1.54) is 17.5 Å². The number of thiophene rings is 1. The second-order valence-corrected chi connectivity index (χ2v) is 7.04. The molecular formula is C13H11NO5S2. The zero-order chi connectivity index (χ0) is 15.0. The number of carbonyl (C=O) groups is 1. The molecule has 0 bridgehead atoms. The first-order valence-electron chi connectivity index (χ1n) is 6.07. The second-order valence-electron chi connectivity index (χ2n) is 4.44. The number of aromatic carboxylic acids is 1. The van der Waals surface area contributed by atoms with E-state index in [1.54, 1.807) is 12.1 Å². The van der Waals surface area contributed by atoms with Crippen LogP contribution in [-0.2, 0) is 16.4 Å². The number of nitrogens with one attached hydrogen (secondary N) is 1. The predicted molar refractivity (Wildman–Crippen MR) is 77.7 cm³/mol. The van der Waals surface area contributed by atoms with E-state index < -0.39 is 16.0 Å². The van der Waals surface area contributed by atoms with E-state index in [-0.39, 0.29) is 15.5 Å². The second kappa shape index (κ2) is 5.05. The molecule has 0 spiro atoms. The zero-order valence-corrected chi connectivity index (χ0v) is 12.3. The van der Waals surface area contributed by atoms with Gasteiger partial charge in [-0.2, -0.15) is 0 Å². The Hall–Kier alpha value is -2.06. The SMILES string of the molecule is O=C(O)c1sccc1NS(=O)(=O)c1ccc2c(c1)CCO2. The van der Waals surface area contributed by atoms with Crippen molar-refractivity contribution >= 4 is 33.0 Å². The molecule has 110 valence electrons. The smallest absolute Gasteiger partial charge is 0.348 e. The summed E-state index contributed by atoms with van der Waals surface area (Å²) in [4.78, 5) is 11.1. The van der Waals surface area contributed by atoms with Crippen LogP contribution in [0.4, 0.5) is 5.69 Å². The number of sulfonamides is 1. The molecule has 0 saturated heterocycles. The summed E-state index contributed by atoms with van der Waals surface area (Å²) in [7, 11) is -3.82. The molecule has 2 N–H and O–H groups in total. The number of rotatable bonds is 4. The number of hydrogen-bond acceptors (Lipinski definition) is 5. The predicted octanol–water partition coefficient (Wildman–Crippen LogP) is 2.18. The van der Waals surface area contributed by atoms with Crippen LogP contribution in [0.1, 0.15) is 15.2 Å². The number of fused-ring (bicyclic) bond motifs is 1. The number of benzene rings is 1. The van der Waals surface area contributed by atoms with Gasteiger partial charge in [0, 0.05) is 6.42 Å². The molecule has 0 fully saturated rings. The summed E-state index contributed by atoms with van der Waals surface area (Å²) in [5.41, 5.74) is 0.908. The number of anilines is 1. The van der Waals surface area contributed by atoms with Crippen LogP contribution in [0.5, 0.6) is 5.75 Å². The minimum absolute atomic E-state index is 0.0388. The van der Waals surface area contributed by atoms with Gasteiger partial charge >= 0.3 is 5.97 Å². The first kappa shape index (κ1) is 13.9. The van der Waals surface area contributed by atoms with Gasteiger partial charge < -0.3 is 9.84 Å². The van der Waals surface area contributed by atoms with Crippen molar-refractivity contribution in [2.24, 2.45) is 0 Å². The Labute approximate surface area is 125 Å². The molecule has 0 radical (unpaired) electrons. The van der Waals surface area contributed by atoms with E-state index in [2.05, 4.69) is 4.72 Å². The average molecular weight is 325 g/mol. The minimum atomic E-state index is -3.82. The summed E-state index contributed by atoms with van der Waals surface area (Å²) in [6, 6.07) is 6.04. The van der Waals surface area contributed by atoms with Crippen molar-refractivity contribution in [2.45, 2.75) is 11.3 Å². The Bertz CT molecular complexity index is 810. The summed E-state index contributed by atoms with van der Waals surface area (Å²) < 4.78 is 32.3. The molecule has 0 atom stereocenters. The van der Waals surface area contributed by atoms with Crippen molar-refractivity contribution in [2.75, 3.05) is 11.3 Å². The maximum absolute atomic E-state index is 12.3. The lowest BCUT2D eigenvalue weighted by Gasteiger charge is -2.08. The maximum atomic E-state index is 12.3. The highest BCUT2D eigenvalue weighted by Gasteiger charge is 2.22. The molecule has 0 saturated carbocycles. The minimum Gasteiger partial charge on any atom is -0.493 e. The summed E-state index contributed by atoms with van der Waals surface area (Å²) >= 11 is 0.967. The molecule has 1 aliphatic heterocycles. The molecule has 0 unspecified atom stereocenters. The van der Waals surface area contributed by atoms with Gasteiger partial charge in [-0.15, -0.1) is 11.3 Å². The van der Waals surface area contributed by atoms with Crippen molar-refractivity contribution in [3.63, 3.8) is 0 Å². The average Bonchev–Trinajstić information content (AvgIpc) is 3.05. The third kappa shape index (κ3) is 2.59. The molecule has 0 amide bonds. The lowest BCUT2D eigenvalue weighted by Crippen LogP contribution is -2.14. The summed E-state index contributed by atoms with van der Waals surface area (Å²) in [6.45, 7) is 0.542. The first-order valence-corrected chi connectivity index (χ1v) is 8.43. The molecule has 3 rings (SSSR count). The number of hydrogen-bond donors (Lipinski definition) is 2. The fraction of sp³-hybridized carbons (Fsp3) is 0.154. The quantitative estimate of drug-likeness (QED) is 0.899. The van der Waals surface area contributed by atoms with Gasteiger partial charge in [0.1, 0.15) is 10.6 Å². The Morgan fingerprint density at radius 1 is 1.33 bits per heavy atom. The maximum Gasteiger partial charge on any atom is 0.348 e. The van der Waals surface area contributed by atoms with Gasteiger partial charge in [0.2, 0.25) is 0 Å². The Morgan fingerprint density at radius 2 is 2.14 bits per heavy atom. The van der Waals surface area contributed by atoms with Gasteiger partial charge in [0.25, 0.3) is 10.0 Å². The molecule has 0 aliphatic carbocycles. The lowest BCUT2D eigenvalue weighted by atomic mass is 10.2. The van der Waals surface area contributed by atoms with Crippen LogP contribution in [0.3, 0.4) is 0 Å². The standard InChI is InChI=1S/C13H11NO5S2/c15-13(16)12-10(4-6-20-12)14-21(17,18)9-1-2-11-8(7-9)3-5-19-11/h1-2,4,6-7,14H,3,5H2,(H,15,16). The van der Waals surface area contributed by atoms with Crippen LogP contribution >= 0.6 is 11.3 Å². The van der Waals surface area contributed by atoms with E-state index in [1.807, 2.05) is 0 Å². The molecule has 6 nitrogen and oxygen atoms in total.